The highest BCUT2D eigenvalue weighted by Crippen LogP contribution is 2.25. The summed E-state index contributed by atoms with van der Waals surface area (Å²) in [7, 11) is 1.54. The van der Waals surface area contributed by atoms with Gasteiger partial charge in [0.2, 0.25) is 17.5 Å². The average molecular weight is 432 g/mol. The van der Waals surface area contributed by atoms with Crippen LogP contribution in [-0.2, 0) is 0 Å². The Hall–Kier alpha value is -4.12. The minimum absolute atomic E-state index is 0.0944. The topological polar surface area (TPSA) is 82.6 Å². The van der Waals surface area contributed by atoms with E-state index in [1.807, 2.05) is 11.0 Å². The van der Waals surface area contributed by atoms with Crippen LogP contribution in [0.1, 0.15) is 27.5 Å². The van der Waals surface area contributed by atoms with Gasteiger partial charge in [0.25, 0.3) is 5.91 Å². The Morgan fingerprint density at radius 3 is 2.53 bits per heavy atom. The number of carbonyl (C=O) groups excluding carboxylic acids is 1. The molecule has 0 N–H and O–H groups in total. The van der Waals surface area contributed by atoms with Crippen LogP contribution in [0.2, 0.25) is 0 Å². The highest BCUT2D eigenvalue weighted by Gasteiger charge is 2.27. The van der Waals surface area contributed by atoms with Gasteiger partial charge in [-0.25, -0.2) is 4.39 Å². The number of anilines is 1. The second-order valence-corrected chi connectivity index (χ2v) is 7.18. The van der Waals surface area contributed by atoms with E-state index in [4.69, 9.17) is 9.15 Å². The molecule has 0 bridgehead atoms. The van der Waals surface area contributed by atoms with Gasteiger partial charge in [-0.3, -0.25) is 4.79 Å². The van der Waals surface area contributed by atoms with Crippen LogP contribution in [0.4, 0.5) is 10.3 Å². The maximum Gasteiger partial charge on any atom is 0.257 e. The third kappa shape index (κ3) is 4.47. The molecule has 1 saturated heterocycles. The van der Waals surface area contributed by atoms with Gasteiger partial charge < -0.3 is 19.0 Å². The van der Waals surface area contributed by atoms with Crippen LogP contribution in [0.5, 0.6) is 5.75 Å². The Bertz CT molecular complexity index is 1170. The molecule has 7 nitrogen and oxygen atoms in total. The summed E-state index contributed by atoms with van der Waals surface area (Å²) in [6, 6.07) is 15.2. The van der Waals surface area contributed by atoms with Crippen molar-refractivity contribution in [2.45, 2.75) is 0 Å². The molecule has 1 aliphatic heterocycles. The lowest BCUT2D eigenvalue weighted by molar-refractivity contribution is 0.0742. The average Bonchev–Trinajstić information content (AvgIpc) is 3.26. The van der Waals surface area contributed by atoms with Crippen LogP contribution in [0, 0.1) is 17.1 Å². The first-order valence-corrected chi connectivity index (χ1v) is 10.1. The van der Waals surface area contributed by atoms with Gasteiger partial charge in [0.15, 0.2) is 0 Å². The zero-order valence-corrected chi connectivity index (χ0v) is 17.5. The second-order valence-electron chi connectivity index (χ2n) is 7.18. The molecule has 1 aliphatic rings. The van der Waals surface area contributed by atoms with Crippen LogP contribution in [0.15, 0.2) is 52.9 Å². The summed E-state index contributed by atoms with van der Waals surface area (Å²) in [5.41, 5.74) is 1.50. The minimum atomic E-state index is -0.310. The molecule has 0 spiro atoms. The van der Waals surface area contributed by atoms with Gasteiger partial charge in [-0.1, -0.05) is 24.3 Å². The normalized spacial score (nSPS) is 13.9. The fourth-order valence-electron chi connectivity index (χ4n) is 3.53. The van der Waals surface area contributed by atoms with Crippen molar-refractivity contribution in [3.63, 3.8) is 0 Å². The number of nitriles is 1. The highest BCUT2D eigenvalue weighted by molar-refractivity contribution is 5.97. The van der Waals surface area contributed by atoms with Crippen molar-refractivity contribution in [3.8, 4) is 11.8 Å². The monoisotopic (exact) mass is 432 g/mol. The fourth-order valence-corrected chi connectivity index (χ4v) is 3.53. The number of piperazine rings is 1. The summed E-state index contributed by atoms with van der Waals surface area (Å²) in [6.45, 7) is 1.96. The first-order valence-electron chi connectivity index (χ1n) is 10.1. The van der Waals surface area contributed by atoms with Crippen LogP contribution < -0.4 is 9.64 Å². The largest absolute Gasteiger partial charge is 0.496 e. The van der Waals surface area contributed by atoms with Crippen molar-refractivity contribution >= 4 is 23.9 Å². The summed E-state index contributed by atoms with van der Waals surface area (Å²) in [6.07, 6.45) is 3.37. The molecule has 162 valence electrons. The van der Waals surface area contributed by atoms with E-state index in [-0.39, 0.29) is 23.3 Å². The molecule has 0 unspecified atom stereocenters. The highest BCUT2D eigenvalue weighted by atomic mass is 19.1. The van der Waals surface area contributed by atoms with Crippen molar-refractivity contribution in [2.75, 3.05) is 38.2 Å². The number of ether oxygens (including phenoxy) is 1. The molecule has 3 aromatic rings. The van der Waals surface area contributed by atoms with E-state index < -0.39 is 0 Å². The smallest absolute Gasteiger partial charge is 0.257 e. The van der Waals surface area contributed by atoms with Gasteiger partial charge in [-0.15, -0.1) is 0 Å². The molecule has 0 saturated carbocycles. The number of hydrogen-bond acceptors (Lipinski definition) is 6. The zero-order valence-electron chi connectivity index (χ0n) is 17.5. The van der Waals surface area contributed by atoms with E-state index >= 15 is 0 Å². The van der Waals surface area contributed by atoms with Gasteiger partial charge in [0.05, 0.1) is 12.7 Å². The molecular formula is C24H21FN4O3. The van der Waals surface area contributed by atoms with E-state index in [0.29, 0.717) is 43.4 Å². The molecule has 0 aliphatic carbocycles. The Balaban J connectivity index is 1.45. The molecule has 1 amide bonds. The molecule has 0 atom stereocenters. The lowest BCUT2D eigenvalue weighted by Crippen LogP contribution is -2.49. The Morgan fingerprint density at radius 2 is 1.84 bits per heavy atom. The van der Waals surface area contributed by atoms with Crippen molar-refractivity contribution < 1.29 is 18.3 Å². The standard InChI is InChI=1S/C24H21FN4O3/c1-31-21-5-3-2-4-19(21)23(30)28-12-14-29(15-13-28)24-20(16-26)27-22(32-24)11-8-17-6-9-18(25)10-7-17/h2-11H,12-15H2,1H3. The molecule has 1 aromatic heterocycles. The van der Waals surface area contributed by atoms with Crippen molar-refractivity contribution in [1.82, 2.24) is 9.88 Å². The Morgan fingerprint density at radius 1 is 1.12 bits per heavy atom. The number of nitrogens with zero attached hydrogens (tertiary/aromatic N) is 4. The molecular weight excluding hydrogens is 411 g/mol. The summed E-state index contributed by atoms with van der Waals surface area (Å²) < 4.78 is 24.2. The summed E-state index contributed by atoms with van der Waals surface area (Å²) in [5.74, 6) is 0.808. The lowest BCUT2D eigenvalue weighted by atomic mass is 10.1. The van der Waals surface area contributed by atoms with Gasteiger partial charge in [-0.2, -0.15) is 10.2 Å². The van der Waals surface area contributed by atoms with E-state index in [2.05, 4.69) is 11.1 Å². The summed E-state index contributed by atoms with van der Waals surface area (Å²) in [4.78, 5) is 20.8. The van der Waals surface area contributed by atoms with Crippen LogP contribution in [0.3, 0.4) is 0 Å². The van der Waals surface area contributed by atoms with E-state index in [1.165, 1.54) is 12.1 Å². The van der Waals surface area contributed by atoms with Gasteiger partial charge in [0.1, 0.15) is 17.6 Å². The summed E-state index contributed by atoms with van der Waals surface area (Å²) >= 11 is 0. The molecule has 2 aromatic carbocycles. The molecule has 32 heavy (non-hydrogen) atoms. The van der Waals surface area contributed by atoms with Crippen LogP contribution in [0.25, 0.3) is 12.2 Å². The van der Waals surface area contributed by atoms with E-state index in [1.54, 1.807) is 54.5 Å². The number of amides is 1. The zero-order chi connectivity index (χ0) is 22.5. The van der Waals surface area contributed by atoms with Crippen molar-refractivity contribution in [3.05, 3.63) is 77.1 Å². The quantitative estimate of drug-likeness (QED) is 0.610. The Kier molecular flexibility index (Phi) is 6.17. The first kappa shape index (κ1) is 21.1. The SMILES string of the molecule is COc1ccccc1C(=O)N1CCN(c2oc(C=Cc3ccc(F)cc3)nc2C#N)CC1. The summed E-state index contributed by atoms with van der Waals surface area (Å²) in [5, 5.41) is 9.48. The number of halogens is 1. The third-order valence-corrected chi connectivity index (χ3v) is 5.21. The third-order valence-electron chi connectivity index (χ3n) is 5.21. The predicted octanol–water partition coefficient (Wildman–Crippen LogP) is 3.83. The van der Waals surface area contributed by atoms with Gasteiger partial charge in [0, 0.05) is 32.3 Å². The van der Waals surface area contributed by atoms with E-state index in [9.17, 15) is 14.4 Å². The number of hydrogen-bond donors (Lipinski definition) is 0. The number of rotatable bonds is 5. The second kappa shape index (κ2) is 9.35. The lowest BCUT2D eigenvalue weighted by Gasteiger charge is -2.34. The number of carbonyl (C=O) groups is 1. The van der Waals surface area contributed by atoms with Crippen LogP contribution in [-0.4, -0.2) is 49.1 Å². The number of oxazole rings is 1. The molecule has 8 heteroatoms. The van der Waals surface area contributed by atoms with Crippen LogP contribution >= 0.6 is 0 Å². The maximum absolute atomic E-state index is 13.0. The van der Waals surface area contributed by atoms with Crippen molar-refractivity contribution in [1.29, 1.82) is 5.26 Å². The molecule has 2 heterocycles. The Labute approximate surface area is 185 Å². The molecule has 1 fully saturated rings. The van der Waals surface area contributed by atoms with Gasteiger partial charge in [-0.05, 0) is 35.9 Å². The number of benzene rings is 2. The maximum atomic E-state index is 13.0. The predicted molar refractivity (Wildman–Crippen MR) is 118 cm³/mol. The first-order chi connectivity index (χ1) is 15.6. The number of aromatic nitrogens is 1. The number of methoxy groups -OCH3 is 1. The minimum Gasteiger partial charge on any atom is -0.496 e. The molecule has 0 radical (unpaired) electrons. The number of para-hydroxylation sites is 1. The fraction of sp³-hybridized carbons (Fsp3) is 0.208. The van der Waals surface area contributed by atoms with Crippen molar-refractivity contribution in [2.24, 2.45) is 0 Å². The molecule has 4 rings (SSSR count). The van der Waals surface area contributed by atoms with Gasteiger partial charge >= 0.3 is 0 Å². The van der Waals surface area contributed by atoms with E-state index in [0.717, 1.165) is 5.56 Å².